The summed E-state index contributed by atoms with van der Waals surface area (Å²) in [6.45, 7) is 3.54. The molecule has 2 amide bonds. The number of benzene rings is 2. The Morgan fingerprint density at radius 3 is 2.46 bits per heavy atom. The molecular weight excluding hydrogens is 516 g/mol. The van der Waals surface area contributed by atoms with Crippen molar-refractivity contribution < 1.29 is 33.4 Å². The smallest absolute Gasteiger partial charge is 0.341 e. The van der Waals surface area contributed by atoms with Gasteiger partial charge in [0.2, 0.25) is 11.6 Å². The minimum absolute atomic E-state index is 0.0910. The second kappa shape index (κ2) is 11.3. The van der Waals surface area contributed by atoms with Gasteiger partial charge in [-0.25, -0.2) is 4.79 Å². The van der Waals surface area contributed by atoms with Gasteiger partial charge >= 0.3 is 5.97 Å². The van der Waals surface area contributed by atoms with E-state index in [-0.39, 0.29) is 26.2 Å². The lowest BCUT2D eigenvalue weighted by Gasteiger charge is -2.05. The van der Waals surface area contributed by atoms with E-state index in [9.17, 15) is 19.5 Å². The highest BCUT2D eigenvalue weighted by atomic mass is 32.2. The van der Waals surface area contributed by atoms with Crippen LogP contribution in [0.3, 0.4) is 0 Å². The van der Waals surface area contributed by atoms with Gasteiger partial charge < -0.3 is 25.0 Å². The Morgan fingerprint density at radius 1 is 1.08 bits per heavy atom. The molecule has 0 aliphatic rings. The lowest BCUT2D eigenvalue weighted by molar-refractivity contribution is -0.705. The Morgan fingerprint density at radius 2 is 1.78 bits per heavy atom. The van der Waals surface area contributed by atoms with Crippen molar-refractivity contribution >= 4 is 51.6 Å². The van der Waals surface area contributed by atoms with Crippen molar-refractivity contribution in [1.29, 1.82) is 0 Å². The summed E-state index contributed by atoms with van der Waals surface area (Å²) in [5.74, 6) is -2.46. The number of nitrogens with one attached hydrogen (secondary N) is 2. The van der Waals surface area contributed by atoms with Crippen LogP contribution in [0.4, 0.5) is 10.7 Å². The highest BCUT2D eigenvalue weighted by Gasteiger charge is 2.27. The molecule has 4 aromatic rings. The van der Waals surface area contributed by atoms with Crippen LogP contribution in [0.1, 0.15) is 31.2 Å². The molecule has 2 heterocycles. The monoisotopic (exact) mass is 538 g/mol. The van der Waals surface area contributed by atoms with Crippen LogP contribution in [0.2, 0.25) is 0 Å². The van der Waals surface area contributed by atoms with Gasteiger partial charge in [0.25, 0.3) is 10.9 Å². The number of nitrogens with zero attached hydrogens (tertiary/aromatic N) is 2. The minimum Gasteiger partial charge on any atom is -0.538 e. The first kappa shape index (κ1) is 25.9. The number of thioether (sulfide) groups is 1. The Balaban J connectivity index is 1.52. The highest BCUT2D eigenvalue weighted by Crippen LogP contribution is 2.34. The number of carbonyl (C=O) groups is 3. The van der Waals surface area contributed by atoms with Crippen molar-refractivity contribution in [2.75, 3.05) is 23.5 Å². The SMILES string of the molecule is COC(=O)c1c(NC(=O)CSc2c([O-])on[n+]2-c2ccc(C)cc2)sc(C(=O)Nc2ccccc2)c1C. The van der Waals surface area contributed by atoms with Crippen LogP contribution >= 0.6 is 23.1 Å². The van der Waals surface area contributed by atoms with Crippen LogP contribution in [0.15, 0.2) is 64.1 Å². The van der Waals surface area contributed by atoms with Gasteiger partial charge in [0.05, 0.1) is 28.6 Å². The molecule has 0 fully saturated rings. The van der Waals surface area contributed by atoms with Gasteiger partial charge in [0.15, 0.2) is 5.95 Å². The fourth-order valence-electron chi connectivity index (χ4n) is 3.38. The Bertz CT molecular complexity index is 1450. The van der Waals surface area contributed by atoms with Gasteiger partial charge in [-0.2, -0.15) is 0 Å². The summed E-state index contributed by atoms with van der Waals surface area (Å²) in [6, 6.07) is 16.1. The number of aryl methyl sites for hydroxylation is 1. The number of methoxy groups -OCH3 is 1. The van der Waals surface area contributed by atoms with Crippen molar-refractivity contribution in [1.82, 2.24) is 5.27 Å². The first-order chi connectivity index (χ1) is 17.8. The Hall–Kier alpha value is -4.16. The lowest BCUT2D eigenvalue weighted by atomic mass is 10.1. The standard InChI is InChI=1S/C25H22N4O6S2/c1-14-9-11-17(12-10-14)29-23(25(33)35-28-29)36-13-18(30)27-22-19(24(32)34-3)15(2)20(37-22)21(31)26-16-7-5-4-6-8-16/h4-12H,13H2,1-3H3,(H2-,26,27,28,30,31,32,33). The second-order valence-corrected chi connectivity index (χ2v) is 9.81. The van der Waals surface area contributed by atoms with Gasteiger partial charge in [-0.15, -0.1) is 11.3 Å². The van der Waals surface area contributed by atoms with E-state index in [1.165, 1.54) is 11.8 Å². The van der Waals surface area contributed by atoms with E-state index in [1.807, 2.05) is 25.1 Å². The molecule has 0 radical (unpaired) electrons. The van der Waals surface area contributed by atoms with Gasteiger partial charge in [-0.05, 0) is 48.0 Å². The maximum atomic E-state index is 12.9. The van der Waals surface area contributed by atoms with E-state index >= 15 is 0 Å². The van der Waals surface area contributed by atoms with E-state index in [1.54, 1.807) is 43.3 Å². The average molecular weight is 539 g/mol. The fourth-order valence-corrected chi connectivity index (χ4v) is 5.25. The molecule has 4 rings (SSSR count). The van der Waals surface area contributed by atoms with Crippen LogP contribution in [-0.2, 0) is 9.53 Å². The summed E-state index contributed by atoms with van der Waals surface area (Å²) in [6.07, 6.45) is 0. The average Bonchev–Trinajstić information content (AvgIpc) is 3.42. The van der Waals surface area contributed by atoms with Crippen molar-refractivity contribution in [3.63, 3.8) is 0 Å². The summed E-state index contributed by atoms with van der Waals surface area (Å²) in [5, 5.41) is 21.7. The Kier molecular flexibility index (Phi) is 7.89. The molecule has 0 aliphatic heterocycles. The normalized spacial score (nSPS) is 10.7. The number of ether oxygens (including phenoxy) is 1. The molecule has 0 spiro atoms. The number of hydrogen-bond acceptors (Lipinski definition) is 9. The first-order valence-electron chi connectivity index (χ1n) is 10.9. The number of para-hydroxylation sites is 1. The number of hydrogen-bond donors (Lipinski definition) is 2. The second-order valence-electron chi connectivity index (χ2n) is 7.82. The summed E-state index contributed by atoms with van der Waals surface area (Å²) < 4.78 is 11.0. The molecule has 0 saturated heterocycles. The summed E-state index contributed by atoms with van der Waals surface area (Å²) >= 11 is 1.90. The molecule has 190 valence electrons. The van der Waals surface area contributed by atoms with Gasteiger partial charge in [-0.3, -0.25) is 9.59 Å². The van der Waals surface area contributed by atoms with Crippen molar-refractivity contribution in [3.8, 4) is 11.6 Å². The third-order valence-electron chi connectivity index (χ3n) is 5.22. The van der Waals surface area contributed by atoms with Crippen LogP contribution < -0.4 is 20.4 Å². The molecule has 2 aromatic carbocycles. The van der Waals surface area contributed by atoms with E-state index in [0.717, 1.165) is 28.7 Å². The van der Waals surface area contributed by atoms with Crippen molar-refractivity contribution in [3.05, 3.63) is 76.2 Å². The predicted octanol–water partition coefficient (Wildman–Crippen LogP) is 3.47. The third-order valence-corrected chi connectivity index (χ3v) is 7.44. The van der Waals surface area contributed by atoms with Gasteiger partial charge in [-0.1, -0.05) is 35.9 Å². The number of carbonyl (C=O) groups excluding carboxylic acids is 3. The zero-order valence-electron chi connectivity index (χ0n) is 20.1. The fraction of sp³-hybridized carbons (Fsp3) is 0.160. The topological polar surface area (TPSA) is 137 Å². The summed E-state index contributed by atoms with van der Waals surface area (Å²) in [4.78, 5) is 38.4. The molecule has 0 unspecified atom stereocenters. The van der Waals surface area contributed by atoms with E-state index in [0.29, 0.717) is 16.9 Å². The molecule has 10 nitrogen and oxygen atoms in total. The number of amides is 2. The van der Waals surface area contributed by atoms with Crippen LogP contribution in [0.25, 0.3) is 5.69 Å². The molecule has 37 heavy (non-hydrogen) atoms. The van der Waals surface area contributed by atoms with Crippen LogP contribution in [0, 0.1) is 13.8 Å². The van der Waals surface area contributed by atoms with E-state index < -0.39 is 23.7 Å². The predicted molar refractivity (Wildman–Crippen MR) is 136 cm³/mol. The molecule has 0 aliphatic carbocycles. The maximum Gasteiger partial charge on any atom is 0.341 e. The van der Waals surface area contributed by atoms with Gasteiger partial charge in [0.1, 0.15) is 5.00 Å². The molecule has 12 heteroatoms. The van der Waals surface area contributed by atoms with Crippen LogP contribution in [-0.4, -0.2) is 35.9 Å². The molecule has 0 atom stereocenters. The minimum atomic E-state index is -0.687. The Labute approximate surface area is 220 Å². The maximum absolute atomic E-state index is 12.9. The molecule has 0 saturated carbocycles. The lowest BCUT2D eigenvalue weighted by Crippen LogP contribution is -2.35. The summed E-state index contributed by atoms with van der Waals surface area (Å²) in [5.41, 5.74) is 2.70. The zero-order valence-corrected chi connectivity index (χ0v) is 21.7. The number of aromatic nitrogens is 2. The number of esters is 1. The zero-order chi connectivity index (χ0) is 26.5. The quantitative estimate of drug-likeness (QED) is 0.198. The molecule has 2 aromatic heterocycles. The molecule has 0 bridgehead atoms. The molecule has 2 N–H and O–H groups in total. The first-order valence-corrected chi connectivity index (χ1v) is 12.8. The summed E-state index contributed by atoms with van der Waals surface area (Å²) in [7, 11) is 1.22. The van der Waals surface area contributed by atoms with Crippen molar-refractivity contribution in [2.45, 2.75) is 18.9 Å². The van der Waals surface area contributed by atoms with E-state index in [4.69, 9.17) is 9.26 Å². The number of thiophene rings is 1. The van der Waals surface area contributed by atoms with Crippen molar-refractivity contribution in [2.24, 2.45) is 0 Å². The van der Waals surface area contributed by atoms with E-state index in [2.05, 4.69) is 15.9 Å². The number of anilines is 2. The molecular formula is C25H22N4O6S2. The third kappa shape index (κ3) is 5.81. The van der Waals surface area contributed by atoms with Crippen LogP contribution in [0.5, 0.6) is 5.95 Å². The highest BCUT2D eigenvalue weighted by molar-refractivity contribution is 7.99. The van der Waals surface area contributed by atoms with Gasteiger partial charge in [0, 0.05) is 17.8 Å². The number of rotatable bonds is 8. The largest absolute Gasteiger partial charge is 0.538 e.